The molecule has 0 aromatic rings. The summed E-state index contributed by atoms with van der Waals surface area (Å²) in [6, 6.07) is 0. The van der Waals surface area contributed by atoms with Crippen molar-refractivity contribution in [3.8, 4) is 0 Å². The summed E-state index contributed by atoms with van der Waals surface area (Å²) in [4.78, 5) is 5.09. The van der Waals surface area contributed by atoms with Gasteiger partial charge in [-0.05, 0) is 37.0 Å². The molecule has 0 aliphatic rings. The fourth-order valence-electron chi connectivity index (χ4n) is 1.23. The Morgan fingerprint density at radius 2 is 1.79 bits per heavy atom. The van der Waals surface area contributed by atoms with E-state index in [0.29, 0.717) is 0 Å². The lowest BCUT2D eigenvalue weighted by Crippen LogP contribution is -2.41. The highest BCUT2D eigenvalue weighted by Gasteiger charge is 2.39. The first-order valence-electron chi connectivity index (χ1n) is 7.40. The molecule has 0 saturated carbocycles. The summed E-state index contributed by atoms with van der Waals surface area (Å²) in [5, 5.41) is 9.75. The number of hydrogen-bond acceptors (Lipinski definition) is 3. The van der Waals surface area contributed by atoms with Crippen molar-refractivity contribution < 1.29 is 14.6 Å². The Bertz CT molecular complexity index is 257. The van der Waals surface area contributed by atoms with E-state index in [9.17, 15) is 5.11 Å². The first-order chi connectivity index (χ1) is 8.70. The van der Waals surface area contributed by atoms with Crippen molar-refractivity contribution in [1.82, 2.24) is 0 Å². The number of aliphatic hydroxyl groups is 1. The highest BCUT2D eigenvalue weighted by molar-refractivity contribution is 6.73. The van der Waals surface area contributed by atoms with Gasteiger partial charge < -0.3 is 5.11 Å². The van der Waals surface area contributed by atoms with Crippen LogP contribution in [0, 0.1) is 0 Å². The van der Waals surface area contributed by atoms with Gasteiger partial charge >= 0.3 is 0 Å². The largest absolute Gasteiger partial charge is 0.363 e. The maximum absolute atomic E-state index is 9.67. The second-order valence-corrected chi connectivity index (χ2v) is 11.3. The quantitative estimate of drug-likeness (QED) is 0.166. The standard InChI is InChI=1S/C15H32O3Si/c1-7-8-9-10-11-12-13-14(16)17-18-19(5,6)15(2,3)4/h12-14,16H,7-11H2,1-6H3. The summed E-state index contributed by atoms with van der Waals surface area (Å²) in [5.41, 5.74) is 0. The van der Waals surface area contributed by atoms with Gasteiger partial charge in [-0.15, -0.1) is 0 Å². The molecule has 0 fully saturated rings. The highest BCUT2D eigenvalue weighted by Crippen LogP contribution is 2.36. The van der Waals surface area contributed by atoms with Gasteiger partial charge in [0.05, 0.1) is 0 Å². The van der Waals surface area contributed by atoms with Gasteiger partial charge in [-0.3, -0.25) is 4.58 Å². The summed E-state index contributed by atoms with van der Waals surface area (Å²) in [5.74, 6) is 0. The predicted octanol–water partition coefficient (Wildman–Crippen LogP) is 4.78. The van der Waals surface area contributed by atoms with Crippen LogP contribution in [0.15, 0.2) is 12.2 Å². The summed E-state index contributed by atoms with van der Waals surface area (Å²) in [7, 11) is -1.95. The van der Waals surface area contributed by atoms with Crippen LogP contribution in [0.2, 0.25) is 18.1 Å². The normalized spacial score (nSPS) is 15.1. The lowest BCUT2D eigenvalue weighted by Gasteiger charge is -2.34. The molecule has 1 unspecified atom stereocenters. The Kier molecular flexibility index (Phi) is 8.82. The third-order valence-corrected chi connectivity index (χ3v) is 7.81. The zero-order chi connectivity index (χ0) is 14.9. The summed E-state index contributed by atoms with van der Waals surface area (Å²) < 4.78 is 5.49. The van der Waals surface area contributed by atoms with Crippen molar-refractivity contribution in [2.24, 2.45) is 0 Å². The lowest BCUT2D eigenvalue weighted by atomic mass is 10.1. The van der Waals surface area contributed by atoms with E-state index in [-0.39, 0.29) is 5.04 Å². The van der Waals surface area contributed by atoms with Gasteiger partial charge in [0.15, 0.2) is 0 Å². The Hall–Kier alpha value is -0.163. The van der Waals surface area contributed by atoms with Crippen LogP contribution in [0.5, 0.6) is 0 Å². The van der Waals surface area contributed by atoms with Crippen LogP contribution in [0.1, 0.15) is 59.8 Å². The molecule has 1 atom stereocenters. The minimum absolute atomic E-state index is 0.0799. The molecule has 1 N–H and O–H groups in total. The van der Waals surface area contributed by atoms with Crippen molar-refractivity contribution >= 4 is 8.32 Å². The van der Waals surface area contributed by atoms with Gasteiger partial charge in [0.25, 0.3) is 0 Å². The van der Waals surface area contributed by atoms with Crippen molar-refractivity contribution in [3.05, 3.63) is 12.2 Å². The topological polar surface area (TPSA) is 38.7 Å². The fourth-order valence-corrected chi connectivity index (χ4v) is 1.82. The molecule has 3 nitrogen and oxygen atoms in total. The van der Waals surface area contributed by atoms with Crippen LogP contribution in [0.3, 0.4) is 0 Å². The molecule has 114 valence electrons. The number of aliphatic hydroxyl groups excluding tert-OH is 1. The van der Waals surface area contributed by atoms with Crippen LogP contribution in [0.4, 0.5) is 0 Å². The van der Waals surface area contributed by atoms with E-state index in [1.54, 1.807) is 6.08 Å². The molecule has 0 spiro atoms. The molecule has 0 saturated heterocycles. The van der Waals surface area contributed by atoms with Crippen LogP contribution in [-0.4, -0.2) is 19.7 Å². The number of hydrogen-bond donors (Lipinski definition) is 1. The van der Waals surface area contributed by atoms with E-state index >= 15 is 0 Å². The van der Waals surface area contributed by atoms with Gasteiger partial charge in [0, 0.05) is 0 Å². The fraction of sp³-hybridized carbons (Fsp3) is 0.867. The molecule has 0 amide bonds. The van der Waals surface area contributed by atoms with E-state index in [2.05, 4.69) is 40.8 Å². The highest BCUT2D eigenvalue weighted by atomic mass is 28.4. The first kappa shape index (κ1) is 18.8. The summed E-state index contributed by atoms with van der Waals surface area (Å²) in [6.07, 6.45) is 8.60. The molecular weight excluding hydrogens is 256 g/mol. The van der Waals surface area contributed by atoms with E-state index in [4.69, 9.17) is 9.46 Å². The third kappa shape index (κ3) is 8.58. The zero-order valence-corrected chi connectivity index (χ0v) is 14.5. The minimum Gasteiger partial charge on any atom is -0.363 e. The molecule has 0 aromatic carbocycles. The second-order valence-electron chi connectivity index (χ2n) is 6.61. The number of unbranched alkanes of at least 4 members (excludes halogenated alkanes) is 4. The SMILES string of the molecule is CCCCCCC=CC(O)OO[Si](C)(C)C(C)(C)C. The molecule has 0 aliphatic heterocycles. The van der Waals surface area contributed by atoms with Crippen molar-refractivity contribution in [3.63, 3.8) is 0 Å². The molecule has 0 heterocycles. The number of allylic oxidation sites excluding steroid dienone is 1. The van der Waals surface area contributed by atoms with Gasteiger partial charge in [-0.1, -0.05) is 53.0 Å². The summed E-state index contributed by atoms with van der Waals surface area (Å²) in [6.45, 7) is 12.8. The monoisotopic (exact) mass is 288 g/mol. The van der Waals surface area contributed by atoms with Gasteiger partial charge in [-0.2, -0.15) is 0 Å². The van der Waals surface area contributed by atoms with Crippen LogP contribution < -0.4 is 0 Å². The predicted molar refractivity (Wildman–Crippen MR) is 83.3 cm³/mol. The van der Waals surface area contributed by atoms with E-state index in [1.165, 1.54) is 25.7 Å². The van der Waals surface area contributed by atoms with E-state index in [0.717, 1.165) is 6.42 Å². The van der Waals surface area contributed by atoms with E-state index in [1.807, 2.05) is 6.08 Å². The van der Waals surface area contributed by atoms with Crippen LogP contribution in [-0.2, 0) is 9.46 Å². The first-order valence-corrected chi connectivity index (χ1v) is 10.3. The Morgan fingerprint density at radius 1 is 1.16 bits per heavy atom. The molecule has 0 rings (SSSR count). The molecule has 0 aromatic heterocycles. The smallest absolute Gasteiger partial charge is 0.238 e. The third-order valence-electron chi connectivity index (χ3n) is 3.69. The Morgan fingerprint density at radius 3 is 2.32 bits per heavy atom. The molecule has 4 heteroatoms. The summed E-state index contributed by atoms with van der Waals surface area (Å²) >= 11 is 0. The average Bonchev–Trinajstić information content (AvgIpc) is 2.29. The maximum Gasteiger partial charge on any atom is 0.238 e. The second kappa shape index (κ2) is 8.90. The molecule has 0 bridgehead atoms. The Balaban J connectivity index is 3.86. The molecule has 0 aliphatic carbocycles. The minimum atomic E-state index is -1.95. The van der Waals surface area contributed by atoms with Crippen LogP contribution in [0.25, 0.3) is 0 Å². The van der Waals surface area contributed by atoms with Crippen molar-refractivity contribution in [1.29, 1.82) is 0 Å². The molecule has 0 radical (unpaired) electrons. The zero-order valence-electron chi connectivity index (χ0n) is 13.5. The Labute approximate surface area is 120 Å². The molecular formula is C15H32O3Si. The number of rotatable bonds is 9. The van der Waals surface area contributed by atoms with Crippen molar-refractivity contribution in [2.75, 3.05) is 0 Å². The van der Waals surface area contributed by atoms with Gasteiger partial charge in [-0.25, -0.2) is 4.89 Å². The van der Waals surface area contributed by atoms with Gasteiger partial charge in [0.2, 0.25) is 14.6 Å². The maximum atomic E-state index is 9.67. The molecule has 19 heavy (non-hydrogen) atoms. The van der Waals surface area contributed by atoms with Crippen molar-refractivity contribution in [2.45, 2.75) is 84.2 Å². The average molecular weight is 289 g/mol. The van der Waals surface area contributed by atoms with Gasteiger partial charge in [0.1, 0.15) is 0 Å². The van der Waals surface area contributed by atoms with Crippen LogP contribution >= 0.6 is 0 Å². The van der Waals surface area contributed by atoms with E-state index < -0.39 is 14.6 Å². The lowest BCUT2D eigenvalue weighted by molar-refractivity contribution is -0.298.